The van der Waals surface area contributed by atoms with E-state index in [1.54, 1.807) is 0 Å². The van der Waals surface area contributed by atoms with Crippen LogP contribution < -0.4 is 0 Å². The van der Waals surface area contributed by atoms with Gasteiger partial charge in [0.1, 0.15) is 5.60 Å². The lowest BCUT2D eigenvalue weighted by Gasteiger charge is -2.32. The maximum absolute atomic E-state index is 11.7. The Morgan fingerprint density at radius 3 is 1.85 bits per heavy atom. The second-order valence-electron chi connectivity index (χ2n) is 8.74. The smallest absolute Gasteiger partial charge is 0.115 e. The lowest BCUT2D eigenvalue weighted by molar-refractivity contribution is 0.0636. The van der Waals surface area contributed by atoms with Gasteiger partial charge in [-0.2, -0.15) is 0 Å². The molecule has 0 saturated heterocycles. The molecule has 0 heterocycles. The third-order valence-electron chi connectivity index (χ3n) is 5.04. The summed E-state index contributed by atoms with van der Waals surface area (Å²) in [6.45, 7) is 14.5. The quantitative estimate of drug-likeness (QED) is 0.589. The standard InChI is InChI=1S/C25H37NO/c1-20(2)18-26(19-21(3)4)17-9-16-25(27,23-10-7-6-8-11-23)24-14-12-22(5)13-15-24/h6-8,10-15,20-21,27H,9,16-19H2,1-5H3. The second-order valence-corrected chi connectivity index (χ2v) is 8.74. The average molecular weight is 368 g/mol. The summed E-state index contributed by atoms with van der Waals surface area (Å²) in [4.78, 5) is 2.55. The zero-order chi connectivity index (χ0) is 19.9. The molecule has 0 fully saturated rings. The molecule has 0 aliphatic rings. The summed E-state index contributed by atoms with van der Waals surface area (Å²) in [6.07, 6.45) is 1.70. The lowest BCUT2D eigenvalue weighted by atomic mass is 9.82. The van der Waals surface area contributed by atoms with Crippen LogP contribution in [0.5, 0.6) is 0 Å². The number of hydrogen-bond acceptors (Lipinski definition) is 2. The molecule has 148 valence electrons. The average Bonchev–Trinajstić information content (AvgIpc) is 2.61. The lowest BCUT2D eigenvalue weighted by Crippen LogP contribution is -2.34. The molecule has 2 aromatic carbocycles. The number of benzene rings is 2. The number of nitrogens with zero attached hydrogens (tertiary/aromatic N) is 1. The maximum atomic E-state index is 11.7. The van der Waals surface area contributed by atoms with Crippen LogP contribution in [0.4, 0.5) is 0 Å². The fraction of sp³-hybridized carbons (Fsp3) is 0.520. The Balaban J connectivity index is 2.16. The molecule has 0 bridgehead atoms. The summed E-state index contributed by atoms with van der Waals surface area (Å²) in [5.74, 6) is 1.32. The Kier molecular flexibility index (Phi) is 8.07. The van der Waals surface area contributed by atoms with Gasteiger partial charge in [-0.05, 0) is 49.3 Å². The molecule has 0 amide bonds. The minimum atomic E-state index is -0.934. The Bertz CT molecular complexity index is 652. The summed E-state index contributed by atoms with van der Waals surface area (Å²) in [6, 6.07) is 18.4. The molecule has 2 aromatic rings. The zero-order valence-electron chi connectivity index (χ0n) is 17.8. The monoisotopic (exact) mass is 367 g/mol. The molecule has 0 aromatic heterocycles. The van der Waals surface area contributed by atoms with Crippen LogP contribution in [0.1, 0.15) is 57.2 Å². The molecule has 2 nitrogen and oxygen atoms in total. The van der Waals surface area contributed by atoms with Gasteiger partial charge >= 0.3 is 0 Å². The van der Waals surface area contributed by atoms with Crippen molar-refractivity contribution in [2.24, 2.45) is 11.8 Å². The van der Waals surface area contributed by atoms with E-state index in [-0.39, 0.29) is 0 Å². The molecule has 0 aliphatic heterocycles. The van der Waals surface area contributed by atoms with Crippen molar-refractivity contribution in [3.63, 3.8) is 0 Å². The van der Waals surface area contributed by atoms with Crippen molar-refractivity contribution >= 4 is 0 Å². The molecule has 0 aliphatic carbocycles. The van der Waals surface area contributed by atoms with Gasteiger partial charge in [-0.1, -0.05) is 87.9 Å². The summed E-state index contributed by atoms with van der Waals surface area (Å²) in [5, 5.41) is 11.7. The number of rotatable bonds is 10. The minimum Gasteiger partial charge on any atom is -0.380 e. The largest absolute Gasteiger partial charge is 0.380 e. The first-order valence-corrected chi connectivity index (χ1v) is 10.4. The van der Waals surface area contributed by atoms with E-state index in [0.29, 0.717) is 11.8 Å². The van der Waals surface area contributed by atoms with Gasteiger partial charge in [-0.25, -0.2) is 0 Å². The number of hydrogen-bond donors (Lipinski definition) is 1. The Hall–Kier alpha value is -1.64. The van der Waals surface area contributed by atoms with Crippen LogP contribution in [0.2, 0.25) is 0 Å². The summed E-state index contributed by atoms with van der Waals surface area (Å²) in [5.41, 5.74) is 2.25. The molecular weight excluding hydrogens is 330 g/mol. The first kappa shape index (κ1) is 21.7. The third kappa shape index (κ3) is 6.48. The zero-order valence-corrected chi connectivity index (χ0v) is 17.8. The normalized spacial score (nSPS) is 14.1. The van der Waals surface area contributed by atoms with Crippen LogP contribution in [0.25, 0.3) is 0 Å². The molecule has 1 N–H and O–H groups in total. The highest BCUT2D eigenvalue weighted by Gasteiger charge is 2.31. The fourth-order valence-corrected chi connectivity index (χ4v) is 3.85. The first-order chi connectivity index (χ1) is 12.8. The SMILES string of the molecule is Cc1ccc(C(O)(CCCN(CC(C)C)CC(C)C)c2ccccc2)cc1. The molecule has 1 unspecified atom stereocenters. The molecule has 1 atom stereocenters. The predicted molar refractivity (Wildman–Crippen MR) is 116 cm³/mol. The Morgan fingerprint density at radius 1 is 0.815 bits per heavy atom. The van der Waals surface area contributed by atoms with Crippen molar-refractivity contribution in [2.45, 2.75) is 53.1 Å². The molecule has 2 heteroatoms. The van der Waals surface area contributed by atoms with Crippen molar-refractivity contribution < 1.29 is 5.11 Å². The van der Waals surface area contributed by atoms with Crippen molar-refractivity contribution in [2.75, 3.05) is 19.6 Å². The third-order valence-corrected chi connectivity index (χ3v) is 5.04. The topological polar surface area (TPSA) is 23.5 Å². The van der Waals surface area contributed by atoms with Gasteiger partial charge in [-0.3, -0.25) is 0 Å². The fourth-order valence-electron chi connectivity index (χ4n) is 3.85. The first-order valence-electron chi connectivity index (χ1n) is 10.4. The van der Waals surface area contributed by atoms with Gasteiger partial charge < -0.3 is 10.0 Å². The molecule has 0 spiro atoms. The van der Waals surface area contributed by atoms with Crippen LogP contribution >= 0.6 is 0 Å². The Morgan fingerprint density at radius 2 is 1.33 bits per heavy atom. The van der Waals surface area contributed by atoms with E-state index in [1.165, 1.54) is 5.56 Å². The van der Waals surface area contributed by atoms with Crippen LogP contribution in [0.15, 0.2) is 54.6 Å². The van der Waals surface area contributed by atoms with Crippen molar-refractivity contribution in [3.05, 3.63) is 71.3 Å². The van der Waals surface area contributed by atoms with Gasteiger partial charge in [0.25, 0.3) is 0 Å². The second kappa shape index (κ2) is 10.1. The van der Waals surface area contributed by atoms with Gasteiger partial charge in [-0.15, -0.1) is 0 Å². The Labute approximate surface area is 166 Å². The van der Waals surface area contributed by atoms with Crippen molar-refractivity contribution in [1.82, 2.24) is 4.90 Å². The van der Waals surface area contributed by atoms with Crippen LogP contribution in [-0.4, -0.2) is 29.6 Å². The predicted octanol–water partition coefficient (Wildman–Crippen LogP) is 5.63. The van der Waals surface area contributed by atoms with Crippen LogP contribution in [-0.2, 0) is 5.60 Å². The highest BCUT2D eigenvalue weighted by Crippen LogP contribution is 2.34. The molecule has 27 heavy (non-hydrogen) atoms. The molecular formula is C25H37NO. The van der Waals surface area contributed by atoms with Gasteiger partial charge in [0, 0.05) is 13.1 Å². The highest BCUT2D eigenvalue weighted by atomic mass is 16.3. The van der Waals surface area contributed by atoms with Gasteiger partial charge in [0.2, 0.25) is 0 Å². The highest BCUT2D eigenvalue weighted by molar-refractivity contribution is 5.37. The van der Waals surface area contributed by atoms with Gasteiger partial charge in [0.15, 0.2) is 0 Å². The van der Waals surface area contributed by atoms with E-state index in [4.69, 9.17) is 0 Å². The number of aliphatic hydroxyl groups is 1. The summed E-state index contributed by atoms with van der Waals surface area (Å²) >= 11 is 0. The molecule has 2 rings (SSSR count). The van der Waals surface area contributed by atoms with Crippen LogP contribution in [0.3, 0.4) is 0 Å². The van der Waals surface area contributed by atoms with E-state index in [2.05, 4.69) is 63.8 Å². The molecule has 0 saturated carbocycles. The van der Waals surface area contributed by atoms with Crippen molar-refractivity contribution in [3.8, 4) is 0 Å². The van der Waals surface area contributed by atoms with Crippen molar-refractivity contribution in [1.29, 1.82) is 0 Å². The van der Waals surface area contributed by atoms with E-state index in [1.807, 2.05) is 30.3 Å². The summed E-state index contributed by atoms with van der Waals surface area (Å²) < 4.78 is 0. The minimum absolute atomic E-state index is 0.661. The van der Waals surface area contributed by atoms with E-state index in [0.717, 1.165) is 43.6 Å². The summed E-state index contributed by atoms with van der Waals surface area (Å²) in [7, 11) is 0. The maximum Gasteiger partial charge on any atom is 0.115 e. The number of aryl methyl sites for hydroxylation is 1. The molecule has 0 radical (unpaired) electrons. The van der Waals surface area contributed by atoms with Crippen LogP contribution in [0, 0.1) is 18.8 Å². The van der Waals surface area contributed by atoms with E-state index >= 15 is 0 Å². The van der Waals surface area contributed by atoms with E-state index in [9.17, 15) is 5.11 Å². The van der Waals surface area contributed by atoms with Gasteiger partial charge in [0.05, 0.1) is 0 Å². The van der Waals surface area contributed by atoms with E-state index < -0.39 is 5.60 Å².